The lowest BCUT2D eigenvalue weighted by atomic mass is 10.3. The Morgan fingerprint density at radius 3 is 2.50 bits per heavy atom. The average molecular weight is 459 g/mol. The largest absolute Gasteiger partial charge is 0.460 e. The summed E-state index contributed by atoms with van der Waals surface area (Å²) in [6.07, 6.45) is 1.34. The van der Waals surface area contributed by atoms with Gasteiger partial charge in [0.1, 0.15) is 6.61 Å². The third-order valence-electron chi connectivity index (χ3n) is 1.02. The number of rotatable bonds is 4. The lowest BCUT2D eigenvalue weighted by molar-refractivity contribution is -0.142. The van der Waals surface area contributed by atoms with Crippen molar-refractivity contribution in [2.24, 2.45) is 0 Å². The molecule has 0 amide bonds. The Hall–Kier alpha value is 1.15. The van der Waals surface area contributed by atoms with E-state index in [2.05, 4.69) is 61.1 Å². The van der Waals surface area contributed by atoms with Gasteiger partial charge < -0.3 is 4.74 Å². The van der Waals surface area contributed by atoms with E-state index in [9.17, 15) is 4.79 Å². The zero-order valence-electron chi connectivity index (χ0n) is 6.57. The quantitative estimate of drug-likeness (QED) is 0.473. The van der Waals surface area contributed by atoms with E-state index in [0.717, 1.165) is 12.5 Å². The molecule has 5 heteroatoms. The van der Waals surface area contributed by atoms with E-state index in [0.29, 0.717) is 13.0 Å². The average Bonchev–Trinajstić information content (AvgIpc) is 2.00. The maximum Gasteiger partial charge on any atom is 0.306 e. The number of carbonyl (C=O) groups is 1. The number of halogens is 3. The van der Waals surface area contributed by atoms with Crippen LogP contribution in [-0.4, -0.2) is 12.6 Å². The van der Waals surface area contributed by atoms with Crippen molar-refractivity contribution in [2.45, 2.75) is 19.8 Å². The van der Waals surface area contributed by atoms with Crippen LogP contribution in [-0.2, 0) is 9.53 Å². The van der Waals surface area contributed by atoms with Crippen molar-refractivity contribution in [2.75, 3.05) is 6.61 Å². The fraction of sp³-hybridized carbons (Fsp3) is 0.571. The van der Waals surface area contributed by atoms with Gasteiger partial charge in [0.15, 0.2) is 0 Å². The van der Waals surface area contributed by atoms with E-state index in [-0.39, 0.29) is 5.97 Å². The van der Waals surface area contributed by atoms with Crippen LogP contribution in [0.1, 0.15) is 19.8 Å². The summed E-state index contributed by atoms with van der Waals surface area (Å²) in [5.41, 5.74) is 0. The number of ether oxygens (including phenoxy) is 1. The fourth-order valence-corrected chi connectivity index (χ4v) is 0.901. The van der Waals surface area contributed by atoms with Crippen molar-refractivity contribution in [1.29, 1.82) is 0 Å². The van der Waals surface area contributed by atoms with Gasteiger partial charge in [0.25, 0.3) is 0 Å². The number of hydrogen-bond acceptors (Lipinski definition) is 2. The van der Waals surface area contributed by atoms with Gasteiger partial charge in [0.05, 0.1) is 2.49 Å². The Balaban J connectivity index is 3.69. The maximum absolute atomic E-state index is 10.9. The molecule has 0 aromatic rings. The molecule has 0 aliphatic heterocycles. The summed E-state index contributed by atoms with van der Waals surface area (Å²) >= 11 is 7.57. The molecule has 0 saturated heterocycles. The zero-order valence-corrected chi connectivity index (χ0v) is 12.5. The van der Waals surface area contributed by atoms with E-state index in [1.165, 1.54) is 0 Å². The summed E-state index contributed by atoms with van der Waals surface area (Å²) in [5.74, 6) is -0.128. The Bertz CT molecular complexity index is 188. The molecule has 0 bridgehead atoms. The Labute approximate surface area is 108 Å². The highest BCUT2D eigenvalue weighted by Crippen LogP contribution is 2.24. The number of esters is 1. The first-order chi connectivity index (χ1) is 5.57. The summed E-state index contributed by atoms with van der Waals surface area (Å²) in [4.78, 5) is 10.9. The van der Waals surface area contributed by atoms with Crippen LogP contribution < -0.4 is 0 Å². The van der Waals surface area contributed by atoms with Crippen LogP contribution in [0.5, 0.6) is 0 Å². The third kappa shape index (κ3) is 6.64. The number of hydrogen-bond donors (Lipinski definition) is 0. The molecule has 0 N–H and O–H groups in total. The third-order valence-corrected chi connectivity index (χ3v) is 4.77. The van der Waals surface area contributed by atoms with Crippen LogP contribution in [0.4, 0.5) is 0 Å². The molecule has 0 aliphatic rings. The normalized spacial score (nSPS) is 12.3. The van der Waals surface area contributed by atoms with Crippen LogP contribution in [0, 0.1) is 0 Å². The summed E-state index contributed by atoms with van der Waals surface area (Å²) < 4.78 is 6.97. The Kier molecular flexibility index (Phi) is 8.27. The molecule has 0 saturated carbocycles. The van der Waals surface area contributed by atoms with Crippen molar-refractivity contribution in [3.8, 4) is 0 Å². The van der Waals surface area contributed by atoms with Gasteiger partial charge in [-0.05, 0) is 67.5 Å². The van der Waals surface area contributed by atoms with Gasteiger partial charge in [-0.25, -0.2) is 0 Å². The topological polar surface area (TPSA) is 26.3 Å². The Morgan fingerprint density at radius 2 is 2.08 bits per heavy atom. The molecule has 12 heavy (non-hydrogen) atoms. The van der Waals surface area contributed by atoms with E-state index >= 15 is 0 Å². The predicted octanol–water partition coefficient (Wildman–Crippen LogP) is 3.76. The maximum atomic E-state index is 10.9. The van der Waals surface area contributed by atoms with Crippen molar-refractivity contribution in [1.82, 2.24) is 0 Å². The summed E-state index contributed by atoms with van der Waals surface area (Å²) in [6.45, 7) is 2.33. The summed E-state index contributed by atoms with van der Waals surface area (Å²) in [7, 11) is 0. The second kappa shape index (κ2) is 7.54. The van der Waals surface area contributed by atoms with Gasteiger partial charge in [-0.2, -0.15) is 0 Å². The lowest BCUT2D eigenvalue weighted by Crippen LogP contribution is -2.04. The Morgan fingerprint density at radius 1 is 1.50 bits per heavy atom. The minimum atomic E-state index is -0.128. The van der Waals surface area contributed by atoms with Gasteiger partial charge >= 0.3 is 5.97 Å². The molecule has 0 spiro atoms. The minimum absolute atomic E-state index is 0.128. The van der Waals surface area contributed by atoms with Crippen LogP contribution >= 0.6 is 61.1 Å². The molecule has 0 unspecified atom stereocenters. The van der Waals surface area contributed by atoms with E-state index in [1.54, 1.807) is 0 Å². The smallest absolute Gasteiger partial charge is 0.306 e. The lowest BCUT2D eigenvalue weighted by Gasteiger charge is -2.02. The van der Waals surface area contributed by atoms with E-state index in [1.807, 2.05) is 6.92 Å². The zero-order chi connectivity index (χ0) is 9.56. The van der Waals surface area contributed by atoms with Gasteiger partial charge in [-0.15, -0.1) is 0 Å². The second-order valence-corrected chi connectivity index (χ2v) is 6.73. The minimum Gasteiger partial charge on any atom is -0.460 e. The van der Waals surface area contributed by atoms with Crippen LogP contribution in [0.3, 0.4) is 0 Å². The van der Waals surface area contributed by atoms with Crippen molar-refractivity contribution < 1.29 is 9.53 Å². The molecular weight excluding hydrogens is 450 g/mol. The molecule has 0 radical (unpaired) electrons. The standard InChI is InChI=1S/C7H9BrI2O2/c1-2-3-6(11)12-4-5(9)7(8)10/h2-4H2,1H3/b7-5-. The van der Waals surface area contributed by atoms with E-state index in [4.69, 9.17) is 4.74 Å². The van der Waals surface area contributed by atoms with Gasteiger partial charge in [-0.3, -0.25) is 4.79 Å². The molecule has 70 valence electrons. The molecule has 2 nitrogen and oxygen atoms in total. The SMILES string of the molecule is CCCC(=O)OC/C(I)=C(\Br)I. The van der Waals surface area contributed by atoms with Crippen molar-refractivity contribution >= 4 is 67.1 Å². The van der Waals surface area contributed by atoms with Crippen molar-refractivity contribution in [3.63, 3.8) is 0 Å². The predicted molar refractivity (Wildman–Crippen MR) is 69.9 cm³/mol. The van der Waals surface area contributed by atoms with Crippen LogP contribution in [0.25, 0.3) is 0 Å². The monoisotopic (exact) mass is 458 g/mol. The summed E-state index contributed by atoms with van der Waals surface area (Å²) in [5, 5.41) is 0. The molecule has 0 rings (SSSR count). The van der Waals surface area contributed by atoms with Crippen molar-refractivity contribution in [3.05, 3.63) is 6.07 Å². The van der Waals surface area contributed by atoms with Gasteiger partial charge in [0.2, 0.25) is 0 Å². The summed E-state index contributed by atoms with van der Waals surface area (Å²) in [6, 6.07) is 0. The molecule has 0 aromatic heterocycles. The molecular formula is C7H9BrI2O2. The number of carbonyl (C=O) groups excluding carboxylic acids is 1. The highest BCUT2D eigenvalue weighted by Gasteiger charge is 2.03. The molecule has 0 atom stereocenters. The molecule has 0 fully saturated rings. The van der Waals surface area contributed by atoms with Gasteiger partial charge in [0, 0.05) is 10.0 Å². The molecule has 0 aromatic carbocycles. The first-order valence-electron chi connectivity index (χ1n) is 3.43. The first-order valence-corrected chi connectivity index (χ1v) is 6.38. The molecule has 0 heterocycles. The fourth-order valence-electron chi connectivity index (χ4n) is 0.475. The molecule has 0 aliphatic carbocycles. The second-order valence-electron chi connectivity index (χ2n) is 2.08. The van der Waals surface area contributed by atoms with Crippen LogP contribution in [0.15, 0.2) is 6.07 Å². The van der Waals surface area contributed by atoms with Gasteiger partial charge in [-0.1, -0.05) is 6.92 Å². The van der Waals surface area contributed by atoms with Crippen LogP contribution in [0.2, 0.25) is 0 Å². The highest BCUT2D eigenvalue weighted by atomic mass is 127. The highest BCUT2D eigenvalue weighted by molar-refractivity contribution is 14.1. The van der Waals surface area contributed by atoms with E-state index < -0.39 is 0 Å². The first kappa shape index (κ1) is 13.2.